The van der Waals surface area contributed by atoms with Gasteiger partial charge in [-0.25, -0.2) is 4.79 Å². The molecule has 0 radical (unpaired) electrons. The van der Waals surface area contributed by atoms with Gasteiger partial charge in [0.05, 0.1) is 0 Å². The van der Waals surface area contributed by atoms with Gasteiger partial charge in [-0.05, 0) is 31.7 Å². The number of carbonyl (C=O) groups excluding carboxylic acids is 1. The second-order valence-corrected chi connectivity index (χ2v) is 4.83. The Morgan fingerprint density at radius 1 is 1.10 bits per heavy atom. The Labute approximate surface area is 124 Å². The van der Waals surface area contributed by atoms with E-state index in [2.05, 4.69) is 5.32 Å². The summed E-state index contributed by atoms with van der Waals surface area (Å²) in [6.45, 7) is 1.94. The van der Waals surface area contributed by atoms with E-state index < -0.39 is 12.1 Å². The number of carbonyl (C=O) groups is 1. The maximum absolute atomic E-state index is 12.3. The minimum atomic E-state index is -0.538. The van der Waals surface area contributed by atoms with Crippen molar-refractivity contribution in [2.75, 3.05) is 7.05 Å². The van der Waals surface area contributed by atoms with Gasteiger partial charge in [0.25, 0.3) is 0 Å². The van der Waals surface area contributed by atoms with Crippen LogP contribution in [0.15, 0.2) is 54.6 Å². The van der Waals surface area contributed by atoms with Crippen molar-refractivity contribution in [1.29, 1.82) is 0 Å². The molecule has 2 aromatic rings. The van der Waals surface area contributed by atoms with Crippen LogP contribution in [0.4, 0.5) is 0 Å². The molecule has 0 aliphatic heterocycles. The van der Waals surface area contributed by atoms with Crippen molar-refractivity contribution >= 4 is 5.97 Å². The molecule has 110 valence electrons. The van der Waals surface area contributed by atoms with E-state index >= 15 is 0 Å². The van der Waals surface area contributed by atoms with Gasteiger partial charge < -0.3 is 15.2 Å². The molecule has 0 fully saturated rings. The van der Waals surface area contributed by atoms with Gasteiger partial charge in [0.15, 0.2) is 0 Å². The van der Waals surface area contributed by atoms with Crippen molar-refractivity contribution in [3.63, 3.8) is 0 Å². The lowest BCUT2D eigenvalue weighted by molar-refractivity contribution is 0.0216. The van der Waals surface area contributed by atoms with Gasteiger partial charge in [0.2, 0.25) is 0 Å². The molecular weight excluding hydrogens is 266 g/mol. The summed E-state index contributed by atoms with van der Waals surface area (Å²) < 4.78 is 5.59. The Hall–Kier alpha value is -2.33. The highest BCUT2D eigenvalue weighted by Crippen LogP contribution is 2.25. The molecule has 0 aliphatic rings. The highest BCUT2D eigenvalue weighted by molar-refractivity contribution is 5.92. The molecule has 2 aromatic carbocycles. The van der Waals surface area contributed by atoms with Crippen LogP contribution < -0.4 is 5.32 Å². The summed E-state index contributed by atoms with van der Waals surface area (Å²) in [6.07, 6.45) is -0.427. The van der Waals surface area contributed by atoms with Crippen molar-refractivity contribution < 1.29 is 14.6 Å². The lowest BCUT2D eigenvalue weighted by Gasteiger charge is -2.24. The fraction of sp³-hybridized carbons (Fsp3) is 0.235. The number of aromatic hydroxyl groups is 1. The van der Waals surface area contributed by atoms with Gasteiger partial charge in [-0.3, -0.25) is 0 Å². The molecule has 0 saturated heterocycles. The predicted molar refractivity (Wildman–Crippen MR) is 81.2 cm³/mol. The van der Waals surface area contributed by atoms with Gasteiger partial charge in [-0.15, -0.1) is 0 Å². The number of likely N-dealkylation sites (N-methyl/N-ethyl adjacent to an activating group) is 1. The first-order chi connectivity index (χ1) is 10.1. The van der Waals surface area contributed by atoms with E-state index in [1.165, 1.54) is 6.07 Å². The van der Waals surface area contributed by atoms with Crippen LogP contribution in [0.2, 0.25) is 0 Å². The van der Waals surface area contributed by atoms with Crippen LogP contribution in [0.25, 0.3) is 0 Å². The zero-order valence-corrected chi connectivity index (χ0v) is 12.1. The number of phenolic OH excluding ortho intramolecular Hbond substituents is 1. The standard InChI is InChI=1S/C17H19NO3/c1-12(18-2)16(13-8-4-3-5-9-13)21-17(20)14-10-6-7-11-15(14)19/h3-12,16,18-19H,1-2H3/t12-,16+/m1/s1. The van der Waals surface area contributed by atoms with E-state index in [1.54, 1.807) is 18.2 Å². The van der Waals surface area contributed by atoms with Crippen molar-refractivity contribution in [3.8, 4) is 5.75 Å². The number of hydrogen-bond acceptors (Lipinski definition) is 4. The predicted octanol–water partition coefficient (Wildman–Crippen LogP) is 2.90. The average molecular weight is 285 g/mol. The van der Waals surface area contributed by atoms with Crippen LogP contribution in [0.5, 0.6) is 5.75 Å². The molecule has 0 aliphatic carbocycles. The zero-order chi connectivity index (χ0) is 15.2. The zero-order valence-electron chi connectivity index (χ0n) is 12.1. The van der Waals surface area contributed by atoms with E-state index in [1.807, 2.05) is 44.3 Å². The van der Waals surface area contributed by atoms with Gasteiger partial charge in [-0.2, -0.15) is 0 Å². The Bertz CT molecular complexity index is 598. The van der Waals surface area contributed by atoms with Crippen molar-refractivity contribution in [2.24, 2.45) is 0 Å². The SMILES string of the molecule is CN[C@H](C)[C@H](OC(=O)c1ccccc1O)c1ccccc1. The normalized spacial score (nSPS) is 13.4. The van der Waals surface area contributed by atoms with Gasteiger partial charge in [-0.1, -0.05) is 42.5 Å². The second kappa shape index (κ2) is 6.90. The van der Waals surface area contributed by atoms with Gasteiger partial charge >= 0.3 is 5.97 Å². The van der Waals surface area contributed by atoms with E-state index in [-0.39, 0.29) is 17.4 Å². The first kappa shape index (κ1) is 15.1. The van der Waals surface area contributed by atoms with E-state index in [0.717, 1.165) is 5.56 Å². The Balaban J connectivity index is 2.24. The number of phenols is 1. The first-order valence-corrected chi connectivity index (χ1v) is 6.84. The van der Waals surface area contributed by atoms with E-state index in [0.29, 0.717) is 0 Å². The van der Waals surface area contributed by atoms with Gasteiger partial charge in [0.1, 0.15) is 17.4 Å². The molecule has 0 saturated carbocycles. The quantitative estimate of drug-likeness (QED) is 0.829. The van der Waals surface area contributed by atoms with Crippen molar-refractivity contribution in [2.45, 2.75) is 19.1 Å². The molecular formula is C17H19NO3. The topological polar surface area (TPSA) is 58.6 Å². The lowest BCUT2D eigenvalue weighted by Crippen LogP contribution is -2.32. The van der Waals surface area contributed by atoms with Gasteiger partial charge in [0, 0.05) is 6.04 Å². The number of benzene rings is 2. The van der Waals surface area contributed by atoms with Crippen molar-refractivity contribution in [3.05, 3.63) is 65.7 Å². The molecule has 4 nitrogen and oxygen atoms in total. The lowest BCUT2D eigenvalue weighted by atomic mass is 10.0. The second-order valence-electron chi connectivity index (χ2n) is 4.83. The minimum absolute atomic E-state index is 0.0535. The molecule has 0 heterocycles. The molecule has 0 unspecified atom stereocenters. The maximum Gasteiger partial charge on any atom is 0.342 e. The third-order valence-corrected chi connectivity index (χ3v) is 3.40. The van der Waals surface area contributed by atoms with Crippen LogP contribution in [0.1, 0.15) is 28.9 Å². The van der Waals surface area contributed by atoms with Crippen LogP contribution in [0.3, 0.4) is 0 Å². The number of hydrogen-bond donors (Lipinski definition) is 2. The largest absolute Gasteiger partial charge is 0.507 e. The molecule has 21 heavy (non-hydrogen) atoms. The first-order valence-electron chi connectivity index (χ1n) is 6.84. The van der Waals surface area contributed by atoms with Crippen molar-refractivity contribution in [1.82, 2.24) is 5.32 Å². The Kier molecular flexibility index (Phi) is 4.95. The number of para-hydroxylation sites is 1. The number of nitrogens with one attached hydrogen (secondary N) is 1. The Morgan fingerprint density at radius 2 is 1.71 bits per heavy atom. The summed E-state index contributed by atoms with van der Waals surface area (Å²) in [6, 6.07) is 15.9. The summed E-state index contributed by atoms with van der Waals surface area (Å²) in [7, 11) is 1.81. The minimum Gasteiger partial charge on any atom is -0.507 e. The smallest absolute Gasteiger partial charge is 0.342 e. The molecule has 2 N–H and O–H groups in total. The Morgan fingerprint density at radius 3 is 2.33 bits per heavy atom. The van der Waals surface area contributed by atoms with Crippen LogP contribution in [-0.4, -0.2) is 24.2 Å². The maximum atomic E-state index is 12.3. The third-order valence-electron chi connectivity index (χ3n) is 3.40. The number of esters is 1. The molecule has 2 rings (SSSR count). The van der Waals surface area contributed by atoms with E-state index in [9.17, 15) is 9.90 Å². The summed E-state index contributed by atoms with van der Waals surface area (Å²) in [5, 5.41) is 12.8. The fourth-order valence-electron chi connectivity index (χ4n) is 2.08. The summed E-state index contributed by atoms with van der Waals surface area (Å²) in [5.74, 6) is -0.615. The average Bonchev–Trinajstić information content (AvgIpc) is 2.53. The molecule has 2 atom stereocenters. The van der Waals surface area contributed by atoms with Crippen LogP contribution in [0, 0.1) is 0 Å². The molecule has 0 bridgehead atoms. The number of rotatable bonds is 5. The number of ether oxygens (including phenoxy) is 1. The third kappa shape index (κ3) is 3.61. The summed E-state index contributed by atoms with van der Waals surface area (Å²) >= 11 is 0. The molecule has 0 aromatic heterocycles. The monoisotopic (exact) mass is 285 g/mol. The summed E-state index contributed by atoms with van der Waals surface area (Å²) in [5.41, 5.74) is 1.07. The highest BCUT2D eigenvalue weighted by Gasteiger charge is 2.24. The highest BCUT2D eigenvalue weighted by atomic mass is 16.5. The van der Waals surface area contributed by atoms with Crippen LogP contribution in [-0.2, 0) is 4.74 Å². The molecule has 0 spiro atoms. The summed E-state index contributed by atoms with van der Waals surface area (Å²) in [4.78, 5) is 12.3. The fourth-order valence-corrected chi connectivity index (χ4v) is 2.08. The molecule has 0 amide bonds. The van der Waals surface area contributed by atoms with E-state index in [4.69, 9.17) is 4.74 Å². The van der Waals surface area contributed by atoms with Crippen LogP contribution >= 0.6 is 0 Å². The molecule has 4 heteroatoms.